The molecule has 18 heavy (non-hydrogen) atoms. The number of carbonyl (C=O) groups excluding carboxylic acids is 1. The second-order valence-electron chi connectivity index (χ2n) is 3.55. The lowest BCUT2D eigenvalue weighted by molar-refractivity contribution is 0.0562. The van der Waals surface area contributed by atoms with Crippen molar-refractivity contribution >= 4 is 33.2 Å². The fourth-order valence-electron chi connectivity index (χ4n) is 1.63. The van der Waals surface area contributed by atoms with Gasteiger partial charge in [0.05, 0.1) is 7.11 Å². The average Bonchev–Trinajstić information content (AvgIpc) is 3.00. The third-order valence-corrected chi connectivity index (χ3v) is 4.43. The minimum Gasteiger partial charge on any atom is -0.463 e. The van der Waals surface area contributed by atoms with Gasteiger partial charge in [-0.05, 0) is 46.6 Å². The summed E-state index contributed by atoms with van der Waals surface area (Å²) >= 11 is 5.11. The van der Waals surface area contributed by atoms with Crippen LogP contribution in [-0.4, -0.2) is 20.1 Å². The number of thiophene rings is 1. The van der Waals surface area contributed by atoms with Crippen molar-refractivity contribution in [3.05, 3.63) is 44.4 Å². The lowest BCUT2D eigenvalue weighted by Gasteiger charge is -2.12. The number of nitrogens with one attached hydrogen (secondary N) is 1. The van der Waals surface area contributed by atoms with Crippen LogP contribution in [-0.2, 0) is 4.74 Å². The molecule has 1 atom stereocenters. The Morgan fingerprint density at radius 2 is 2.28 bits per heavy atom. The Hall–Kier alpha value is -1.11. The van der Waals surface area contributed by atoms with Crippen LogP contribution in [0.3, 0.4) is 0 Å². The summed E-state index contributed by atoms with van der Waals surface area (Å²) < 4.78 is 11.2. The standard InChI is InChI=1S/C12H12BrNO3S/c1-14-10(11-7(13)5-6-18-11)8-3-4-9(17-8)12(15)16-2/h3-6,10,14H,1-2H3. The van der Waals surface area contributed by atoms with E-state index in [9.17, 15) is 4.79 Å². The number of carbonyl (C=O) groups is 1. The van der Waals surface area contributed by atoms with E-state index in [-0.39, 0.29) is 11.8 Å². The molecule has 0 aliphatic carbocycles. The van der Waals surface area contributed by atoms with Crippen molar-refractivity contribution in [2.75, 3.05) is 14.2 Å². The van der Waals surface area contributed by atoms with E-state index in [2.05, 4.69) is 26.0 Å². The van der Waals surface area contributed by atoms with Gasteiger partial charge in [-0.2, -0.15) is 0 Å². The number of esters is 1. The SMILES string of the molecule is CNC(c1ccc(C(=O)OC)o1)c1sccc1Br. The van der Waals surface area contributed by atoms with Crippen LogP contribution in [0, 0.1) is 0 Å². The van der Waals surface area contributed by atoms with Crippen LogP contribution < -0.4 is 5.32 Å². The summed E-state index contributed by atoms with van der Waals surface area (Å²) in [4.78, 5) is 12.4. The first kappa shape index (κ1) is 13.3. The number of halogens is 1. The van der Waals surface area contributed by atoms with Crippen molar-refractivity contribution in [1.29, 1.82) is 0 Å². The monoisotopic (exact) mass is 329 g/mol. The van der Waals surface area contributed by atoms with Gasteiger partial charge < -0.3 is 14.5 Å². The maximum Gasteiger partial charge on any atom is 0.373 e. The van der Waals surface area contributed by atoms with Crippen LogP contribution in [0.4, 0.5) is 0 Å². The second-order valence-corrected chi connectivity index (χ2v) is 5.35. The predicted octanol–water partition coefficient (Wildman–Crippen LogP) is 3.20. The van der Waals surface area contributed by atoms with Gasteiger partial charge in [0, 0.05) is 9.35 Å². The van der Waals surface area contributed by atoms with E-state index in [1.54, 1.807) is 23.5 Å². The van der Waals surface area contributed by atoms with Crippen LogP contribution in [0.5, 0.6) is 0 Å². The summed E-state index contributed by atoms with van der Waals surface area (Å²) in [7, 11) is 3.17. The molecule has 0 aliphatic rings. The first-order valence-electron chi connectivity index (χ1n) is 5.25. The largest absolute Gasteiger partial charge is 0.463 e. The number of furan rings is 1. The van der Waals surface area contributed by atoms with Crippen molar-refractivity contribution in [2.45, 2.75) is 6.04 Å². The third kappa shape index (κ3) is 2.50. The fraction of sp³-hybridized carbons (Fsp3) is 0.250. The molecule has 0 aromatic carbocycles. The van der Waals surface area contributed by atoms with E-state index in [1.165, 1.54) is 7.11 Å². The van der Waals surface area contributed by atoms with Crippen molar-refractivity contribution < 1.29 is 13.9 Å². The van der Waals surface area contributed by atoms with Gasteiger partial charge in [-0.3, -0.25) is 0 Å². The quantitative estimate of drug-likeness (QED) is 0.875. The number of rotatable bonds is 4. The first-order chi connectivity index (χ1) is 8.67. The highest BCUT2D eigenvalue weighted by Crippen LogP contribution is 2.33. The molecule has 2 aromatic rings. The minimum atomic E-state index is -0.471. The Morgan fingerprint density at radius 1 is 1.50 bits per heavy atom. The zero-order chi connectivity index (χ0) is 13.1. The Labute approximate surface area is 117 Å². The zero-order valence-electron chi connectivity index (χ0n) is 9.90. The van der Waals surface area contributed by atoms with Crippen molar-refractivity contribution in [1.82, 2.24) is 5.32 Å². The Kier molecular flexibility index (Phi) is 4.21. The zero-order valence-corrected chi connectivity index (χ0v) is 12.3. The topological polar surface area (TPSA) is 51.5 Å². The van der Waals surface area contributed by atoms with Crippen LogP contribution in [0.15, 0.2) is 32.5 Å². The molecule has 0 spiro atoms. The van der Waals surface area contributed by atoms with Gasteiger partial charge in [0.15, 0.2) is 0 Å². The molecule has 2 aromatic heterocycles. The smallest absolute Gasteiger partial charge is 0.373 e. The molecule has 0 aliphatic heterocycles. The Bertz CT molecular complexity index is 549. The summed E-state index contributed by atoms with van der Waals surface area (Å²) in [6.45, 7) is 0. The summed E-state index contributed by atoms with van der Waals surface area (Å²) in [6.07, 6.45) is 0. The highest BCUT2D eigenvalue weighted by Gasteiger charge is 2.21. The molecule has 0 radical (unpaired) electrons. The van der Waals surface area contributed by atoms with Gasteiger partial charge in [0.25, 0.3) is 0 Å². The van der Waals surface area contributed by atoms with E-state index >= 15 is 0 Å². The normalized spacial score (nSPS) is 12.4. The molecular weight excluding hydrogens is 318 g/mol. The number of ether oxygens (including phenoxy) is 1. The summed E-state index contributed by atoms with van der Waals surface area (Å²) in [6, 6.07) is 5.29. The molecule has 0 fully saturated rings. The van der Waals surface area contributed by atoms with E-state index in [0.717, 1.165) is 9.35 Å². The summed E-state index contributed by atoms with van der Waals surface area (Å²) in [5.41, 5.74) is 0. The van der Waals surface area contributed by atoms with E-state index in [1.807, 2.05) is 18.5 Å². The predicted molar refractivity (Wildman–Crippen MR) is 73.0 cm³/mol. The maximum absolute atomic E-state index is 11.3. The minimum absolute atomic E-state index is 0.0854. The molecular formula is C12H12BrNO3S. The number of methoxy groups -OCH3 is 1. The molecule has 96 valence electrons. The maximum atomic E-state index is 11.3. The molecule has 2 rings (SSSR count). The third-order valence-electron chi connectivity index (χ3n) is 2.49. The molecule has 0 bridgehead atoms. The highest BCUT2D eigenvalue weighted by molar-refractivity contribution is 9.10. The molecule has 0 saturated carbocycles. The van der Waals surface area contributed by atoms with Gasteiger partial charge in [0.2, 0.25) is 5.76 Å². The van der Waals surface area contributed by atoms with Gasteiger partial charge in [-0.15, -0.1) is 11.3 Å². The molecule has 6 heteroatoms. The van der Waals surface area contributed by atoms with Crippen LogP contribution >= 0.6 is 27.3 Å². The molecule has 0 saturated heterocycles. The van der Waals surface area contributed by atoms with Crippen LogP contribution in [0.1, 0.15) is 27.2 Å². The van der Waals surface area contributed by atoms with Crippen molar-refractivity contribution in [2.24, 2.45) is 0 Å². The van der Waals surface area contributed by atoms with Crippen molar-refractivity contribution in [3.63, 3.8) is 0 Å². The molecule has 1 N–H and O–H groups in total. The number of hydrogen-bond donors (Lipinski definition) is 1. The lowest BCUT2D eigenvalue weighted by Crippen LogP contribution is -2.16. The van der Waals surface area contributed by atoms with Gasteiger partial charge >= 0.3 is 5.97 Å². The average molecular weight is 330 g/mol. The Balaban J connectivity index is 2.31. The van der Waals surface area contributed by atoms with Crippen LogP contribution in [0.25, 0.3) is 0 Å². The Morgan fingerprint density at radius 3 is 2.83 bits per heavy atom. The lowest BCUT2D eigenvalue weighted by atomic mass is 10.2. The molecule has 4 nitrogen and oxygen atoms in total. The summed E-state index contributed by atoms with van der Waals surface area (Å²) in [5.74, 6) is 0.419. The van der Waals surface area contributed by atoms with E-state index in [4.69, 9.17) is 4.42 Å². The van der Waals surface area contributed by atoms with Gasteiger partial charge in [0.1, 0.15) is 11.8 Å². The van der Waals surface area contributed by atoms with Gasteiger partial charge in [-0.25, -0.2) is 4.79 Å². The van der Waals surface area contributed by atoms with Crippen LogP contribution in [0.2, 0.25) is 0 Å². The highest BCUT2D eigenvalue weighted by atomic mass is 79.9. The molecule has 2 heterocycles. The fourth-order valence-corrected chi connectivity index (χ4v) is 3.35. The number of hydrogen-bond acceptors (Lipinski definition) is 5. The van der Waals surface area contributed by atoms with Gasteiger partial charge in [-0.1, -0.05) is 0 Å². The first-order valence-corrected chi connectivity index (χ1v) is 6.92. The summed E-state index contributed by atoms with van der Waals surface area (Å²) in [5, 5.41) is 5.16. The molecule has 1 unspecified atom stereocenters. The molecule has 0 amide bonds. The van der Waals surface area contributed by atoms with E-state index < -0.39 is 5.97 Å². The second kappa shape index (κ2) is 5.69. The van der Waals surface area contributed by atoms with Crippen molar-refractivity contribution in [3.8, 4) is 0 Å². The van der Waals surface area contributed by atoms with E-state index in [0.29, 0.717) is 5.76 Å².